The van der Waals surface area contributed by atoms with Gasteiger partial charge in [0.25, 0.3) is 5.91 Å². The van der Waals surface area contributed by atoms with Crippen LogP contribution < -0.4 is 0 Å². The van der Waals surface area contributed by atoms with E-state index in [4.69, 9.17) is 4.42 Å². The maximum atomic E-state index is 12.2. The van der Waals surface area contributed by atoms with Gasteiger partial charge in [-0.1, -0.05) is 0 Å². The van der Waals surface area contributed by atoms with Gasteiger partial charge in [0.15, 0.2) is 5.76 Å². The minimum Gasteiger partial charge on any atom is -0.459 e. The van der Waals surface area contributed by atoms with Crippen molar-refractivity contribution in [2.75, 3.05) is 26.2 Å². The zero-order valence-corrected chi connectivity index (χ0v) is 12.0. The smallest absolute Gasteiger partial charge is 0.289 e. The van der Waals surface area contributed by atoms with Crippen molar-refractivity contribution < 1.29 is 9.21 Å². The Morgan fingerprint density at radius 1 is 1.35 bits per heavy atom. The number of carbonyl (C=O) groups is 1. The largest absolute Gasteiger partial charge is 0.459 e. The Bertz CT molecular complexity index is 539. The van der Waals surface area contributed by atoms with Crippen LogP contribution in [-0.4, -0.2) is 46.9 Å². The lowest BCUT2D eigenvalue weighted by Crippen LogP contribution is -2.34. The molecule has 106 valence electrons. The number of aromatic nitrogens is 1. The van der Waals surface area contributed by atoms with E-state index in [0.717, 1.165) is 44.8 Å². The molecule has 0 radical (unpaired) electrons. The summed E-state index contributed by atoms with van der Waals surface area (Å²) in [5.74, 6) is 0.420. The van der Waals surface area contributed by atoms with Crippen molar-refractivity contribution in [3.05, 3.63) is 40.7 Å². The van der Waals surface area contributed by atoms with Crippen LogP contribution in [0, 0.1) is 0 Å². The van der Waals surface area contributed by atoms with Crippen LogP contribution in [0.3, 0.4) is 0 Å². The average Bonchev–Trinajstić information content (AvgIpc) is 3.10. The Balaban J connectivity index is 1.58. The minimum atomic E-state index is -0.00879. The summed E-state index contributed by atoms with van der Waals surface area (Å²) in [6.07, 6.45) is 2.52. The standard InChI is InChI=1S/C14H17N3O2S/c18-14(13-3-1-8-19-13)17-5-2-4-16(6-7-17)9-12-10-20-11-15-12/h1,3,8,10-11H,2,4-7,9H2. The van der Waals surface area contributed by atoms with E-state index in [0.29, 0.717) is 5.76 Å². The van der Waals surface area contributed by atoms with Crippen molar-refractivity contribution in [2.24, 2.45) is 0 Å². The third kappa shape index (κ3) is 3.08. The first-order valence-corrected chi connectivity index (χ1v) is 7.69. The van der Waals surface area contributed by atoms with E-state index in [2.05, 4.69) is 15.3 Å². The number of hydrogen-bond donors (Lipinski definition) is 0. The van der Waals surface area contributed by atoms with Gasteiger partial charge in [0.1, 0.15) is 0 Å². The first-order valence-electron chi connectivity index (χ1n) is 6.75. The molecule has 0 aromatic carbocycles. The van der Waals surface area contributed by atoms with Crippen LogP contribution in [0.4, 0.5) is 0 Å². The maximum Gasteiger partial charge on any atom is 0.289 e. The Kier molecular flexibility index (Phi) is 4.13. The fourth-order valence-corrected chi connectivity index (χ4v) is 2.98. The van der Waals surface area contributed by atoms with E-state index < -0.39 is 0 Å². The Labute approximate surface area is 121 Å². The van der Waals surface area contributed by atoms with Crippen molar-refractivity contribution >= 4 is 17.2 Å². The molecule has 20 heavy (non-hydrogen) atoms. The molecule has 0 aliphatic carbocycles. The zero-order chi connectivity index (χ0) is 13.8. The SMILES string of the molecule is O=C(c1ccco1)N1CCCN(Cc2cscn2)CC1. The van der Waals surface area contributed by atoms with Crippen LogP contribution in [0.15, 0.2) is 33.7 Å². The first kappa shape index (κ1) is 13.3. The van der Waals surface area contributed by atoms with E-state index in [1.165, 1.54) is 0 Å². The van der Waals surface area contributed by atoms with Crippen LogP contribution in [0.2, 0.25) is 0 Å². The molecule has 0 saturated carbocycles. The van der Waals surface area contributed by atoms with Gasteiger partial charge in [-0.2, -0.15) is 0 Å². The summed E-state index contributed by atoms with van der Waals surface area (Å²) < 4.78 is 5.19. The van der Waals surface area contributed by atoms with Crippen LogP contribution in [-0.2, 0) is 6.54 Å². The van der Waals surface area contributed by atoms with Gasteiger partial charge in [0, 0.05) is 38.1 Å². The summed E-state index contributed by atoms with van der Waals surface area (Å²) in [4.78, 5) is 20.8. The van der Waals surface area contributed by atoms with Crippen molar-refractivity contribution in [3.63, 3.8) is 0 Å². The Morgan fingerprint density at radius 2 is 2.30 bits per heavy atom. The quantitative estimate of drug-likeness (QED) is 0.869. The fraction of sp³-hybridized carbons (Fsp3) is 0.429. The lowest BCUT2D eigenvalue weighted by atomic mass is 10.3. The molecule has 0 spiro atoms. The molecule has 1 aliphatic heterocycles. The topological polar surface area (TPSA) is 49.6 Å². The van der Waals surface area contributed by atoms with E-state index in [-0.39, 0.29) is 5.91 Å². The normalized spacial score (nSPS) is 17.1. The highest BCUT2D eigenvalue weighted by Crippen LogP contribution is 2.12. The highest BCUT2D eigenvalue weighted by Gasteiger charge is 2.22. The summed E-state index contributed by atoms with van der Waals surface area (Å²) in [5, 5.41) is 2.08. The van der Waals surface area contributed by atoms with Crippen LogP contribution in [0.5, 0.6) is 0 Å². The molecular formula is C14H17N3O2S. The van der Waals surface area contributed by atoms with Gasteiger partial charge in [-0.25, -0.2) is 4.98 Å². The third-order valence-electron chi connectivity index (χ3n) is 3.48. The second-order valence-corrected chi connectivity index (χ2v) is 5.60. The summed E-state index contributed by atoms with van der Waals surface area (Å²) in [7, 11) is 0. The molecule has 1 saturated heterocycles. The second kappa shape index (κ2) is 6.19. The van der Waals surface area contributed by atoms with E-state index in [9.17, 15) is 4.79 Å². The van der Waals surface area contributed by atoms with E-state index >= 15 is 0 Å². The van der Waals surface area contributed by atoms with Gasteiger partial charge >= 0.3 is 0 Å². The number of hydrogen-bond acceptors (Lipinski definition) is 5. The van der Waals surface area contributed by atoms with Crippen LogP contribution in [0.1, 0.15) is 22.7 Å². The van der Waals surface area contributed by atoms with Gasteiger partial charge in [-0.15, -0.1) is 11.3 Å². The van der Waals surface area contributed by atoms with Gasteiger partial charge in [-0.3, -0.25) is 9.69 Å². The van der Waals surface area contributed by atoms with E-state index in [1.807, 2.05) is 10.4 Å². The molecule has 3 rings (SSSR count). The number of nitrogens with zero attached hydrogens (tertiary/aromatic N) is 3. The molecule has 2 aromatic rings. The monoisotopic (exact) mass is 291 g/mol. The molecule has 1 fully saturated rings. The molecule has 5 nitrogen and oxygen atoms in total. The molecule has 0 atom stereocenters. The number of furan rings is 1. The molecular weight excluding hydrogens is 274 g/mol. The number of thiazole rings is 1. The zero-order valence-electron chi connectivity index (χ0n) is 11.2. The highest BCUT2D eigenvalue weighted by atomic mass is 32.1. The van der Waals surface area contributed by atoms with Crippen LogP contribution >= 0.6 is 11.3 Å². The molecule has 0 bridgehead atoms. The Hall–Kier alpha value is -1.66. The number of amides is 1. The molecule has 1 aliphatic rings. The minimum absolute atomic E-state index is 0.00879. The number of carbonyl (C=O) groups excluding carboxylic acids is 1. The summed E-state index contributed by atoms with van der Waals surface area (Å²) in [5.41, 5.74) is 2.97. The maximum absolute atomic E-state index is 12.2. The van der Waals surface area contributed by atoms with Crippen molar-refractivity contribution in [1.82, 2.24) is 14.8 Å². The summed E-state index contributed by atoms with van der Waals surface area (Å²) in [6.45, 7) is 4.27. The lowest BCUT2D eigenvalue weighted by Gasteiger charge is -2.20. The van der Waals surface area contributed by atoms with Gasteiger partial charge in [0.2, 0.25) is 0 Å². The van der Waals surface area contributed by atoms with Crippen molar-refractivity contribution in [1.29, 1.82) is 0 Å². The van der Waals surface area contributed by atoms with Gasteiger partial charge < -0.3 is 9.32 Å². The molecule has 0 unspecified atom stereocenters. The molecule has 2 aromatic heterocycles. The van der Waals surface area contributed by atoms with Gasteiger partial charge in [0.05, 0.1) is 17.5 Å². The Morgan fingerprint density at radius 3 is 3.05 bits per heavy atom. The molecule has 1 amide bonds. The fourth-order valence-electron chi connectivity index (χ4n) is 2.43. The highest BCUT2D eigenvalue weighted by molar-refractivity contribution is 7.07. The van der Waals surface area contributed by atoms with E-state index in [1.54, 1.807) is 29.7 Å². The number of rotatable bonds is 3. The first-order chi connectivity index (χ1) is 9.83. The predicted octanol–water partition coefficient (Wildman–Crippen LogP) is 2.08. The predicted molar refractivity (Wildman–Crippen MR) is 76.6 cm³/mol. The third-order valence-corrected chi connectivity index (χ3v) is 4.11. The molecule has 3 heterocycles. The van der Waals surface area contributed by atoms with Crippen molar-refractivity contribution in [2.45, 2.75) is 13.0 Å². The summed E-state index contributed by atoms with van der Waals surface area (Å²) in [6, 6.07) is 3.47. The average molecular weight is 291 g/mol. The van der Waals surface area contributed by atoms with Crippen LogP contribution in [0.25, 0.3) is 0 Å². The molecule has 6 heteroatoms. The van der Waals surface area contributed by atoms with Gasteiger partial charge in [-0.05, 0) is 18.6 Å². The van der Waals surface area contributed by atoms with Crippen molar-refractivity contribution in [3.8, 4) is 0 Å². The molecule has 0 N–H and O–H groups in total. The summed E-state index contributed by atoms with van der Waals surface area (Å²) >= 11 is 1.62. The second-order valence-electron chi connectivity index (χ2n) is 4.88. The lowest BCUT2D eigenvalue weighted by molar-refractivity contribution is 0.0729.